The zero-order valence-corrected chi connectivity index (χ0v) is 10.8. The largest absolute Gasteiger partial charge is 0.379 e. The Labute approximate surface area is 103 Å². The highest BCUT2D eigenvalue weighted by molar-refractivity contribution is 6.30. The second-order valence-corrected chi connectivity index (χ2v) is 3.95. The van der Waals surface area contributed by atoms with E-state index in [1.54, 1.807) is 0 Å². The second kappa shape index (κ2) is 7.66. The Kier molecular flexibility index (Phi) is 6.46. The molecule has 3 heteroatoms. The average Bonchev–Trinajstić information content (AvgIpc) is 2.33. The summed E-state index contributed by atoms with van der Waals surface area (Å²) < 4.78 is 5.29. The molecule has 1 aromatic carbocycles. The summed E-state index contributed by atoms with van der Waals surface area (Å²) in [6.07, 6.45) is 0. The average molecular weight is 242 g/mol. The fourth-order valence-electron chi connectivity index (χ4n) is 1.65. The van der Waals surface area contributed by atoms with Gasteiger partial charge in [0, 0.05) is 24.7 Å². The lowest BCUT2D eigenvalue weighted by Gasteiger charge is -2.26. The summed E-state index contributed by atoms with van der Waals surface area (Å²) in [6.45, 7) is 8.71. The summed E-state index contributed by atoms with van der Waals surface area (Å²) in [5.74, 6) is 0. The van der Waals surface area contributed by atoms with Crippen molar-refractivity contribution in [2.45, 2.75) is 20.4 Å². The van der Waals surface area contributed by atoms with Gasteiger partial charge in [-0.25, -0.2) is 0 Å². The third-order valence-electron chi connectivity index (χ3n) is 2.40. The molecule has 90 valence electrons. The van der Waals surface area contributed by atoms with Crippen molar-refractivity contribution in [3.8, 4) is 0 Å². The second-order valence-electron chi connectivity index (χ2n) is 3.52. The molecule has 1 saturated heterocycles. The van der Waals surface area contributed by atoms with Gasteiger partial charge in [0.25, 0.3) is 0 Å². The Morgan fingerprint density at radius 2 is 1.94 bits per heavy atom. The predicted octanol–water partition coefficient (Wildman–Crippen LogP) is 3.20. The van der Waals surface area contributed by atoms with Crippen LogP contribution < -0.4 is 0 Å². The molecule has 0 N–H and O–H groups in total. The fourth-order valence-corrected chi connectivity index (χ4v) is 1.87. The van der Waals surface area contributed by atoms with Crippen molar-refractivity contribution in [3.63, 3.8) is 0 Å². The van der Waals surface area contributed by atoms with Crippen molar-refractivity contribution in [2.24, 2.45) is 0 Å². The number of benzene rings is 1. The minimum atomic E-state index is 0.816. The first-order valence-electron chi connectivity index (χ1n) is 5.89. The van der Waals surface area contributed by atoms with E-state index >= 15 is 0 Å². The van der Waals surface area contributed by atoms with Crippen LogP contribution in [0, 0.1) is 0 Å². The topological polar surface area (TPSA) is 12.5 Å². The molecule has 0 atom stereocenters. The van der Waals surface area contributed by atoms with E-state index in [4.69, 9.17) is 16.3 Å². The molecule has 0 radical (unpaired) electrons. The summed E-state index contributed by atoms with van der Waals surface area (Å²) in [5, 5.41) is 0.816. The first-order chi connectivity index (χ1) is 7.84. The van der Waals surface area contributed by atoms with Gasteiger partial charge in [-0.05, 0) is 17.7 Å². The summed E-state index contributed by atoms with van der Waals surface area (Å²) >= 11 is 5.92. The molecule has 2 nitrogen and oxygen atoms in total. The molecule has 1 heterocycles. The molecule has 2 rings (SSSR count). The maximum absolute atomic E-state index is 5.92. The number of hydrogen-bond donors (Lipinski definition) is 0. The first-order valence-corrected chi connectivity index (χ1v) is 6.27. The highest BCUT2D eigenvalue weighted by Gasteiger charge is 2.10. The van der Waals surface area contributed by atoms with Gasteiger partial charge in [-0.15, -0.1) is 0 Å². The molecule has 0 unspecified atom stereocenters. The summed E-state index contributed by atoms with van der Waals surface area (Å²) in [6, 6.07) is 8.04. The van der Waals surface area contributed by atoms with Gasteiger partial charge in [0.2, 0.25) is 0 Å². The van der Waals surface area contributed by atoms with Gasteiger partial charge < -0.3 is 4.74 Å². The van der Waals surface area contributed by atoms with Gasteiger partial charge in [-0.2, -0.15) is 0 Å². The van der Waals surface area contributed by atoms with Crippen LogP contribution in [-0.4, -0.2) is 31.2 Å². The fraction of sp³-hybridized carbons (Fsp3) is 0.538. The van der Waals surface area contributed by atoms with Crippen LogP contribution in [-0.2, 0) is 11.3 Å². The van der Waals surface area contributed by atoms with Crippen molar-refractivity contribution < 1.29 is 4.74 Å². The van der Waals surface area contributed by atoms with Crippen molar-refractivity contribution in [1.82, 2.24) is 4.90 Å². The van der Waals surface area contributed by atoms with Crippen LogP contribution in [0.2, 0.25) is 5.02 Å². The van der Waals surface area contributed by atoms with E-state index in [0.717, 1.165) is 37.9 Å². The van der Waals surface area contributed by atoms with Crippen LogP contribution in [0.15, 0.2) is 24.3 Å². The van der Waals surface area contributed by atoms with Crippen LogP contribution in [0.5, 0.6) is 0 Å². The SMILES string of the molecule is CC.Clc1cccc(CN2CCOCC2)c1. The van der Waals surface area contributed by atoms with Gasteiger partial charge in [0.15, 0.2) is 0 Å². The molecule has 1 fully saturated rings. The molecular formula is C13H20ClNO. The van der Waals surface area contributed by atoms with Gasteiger partial charge in [-0.3, -0.25) is 4.90 Å². The van der Waals surface area contributed by atoms with Gasteiger partial charge in [0.1, 0.15) is 0 Å². The quantitative estimate of drug-likeness (QED) is 0.789. The highest BCUT2D eigenvalue weighted by atomic mass is 35.5. The molecule has 16 heavy (non-hydrogen) atoms. The van der Waals surface area contributed by atoms with E-state index in [2.05, 4.69) is 11.0 Å². The van der Waals surface area contributed by atoms with Gasteiger partial charge in [0.05, 0.1) is 13.2 Å². The monoisotopic (exact) mass is 241 g/mol. The van der Waals surface area contributed by atoms with E-state index in [0.29, 0.717) is 0 Å². The van der Waals surface area contributed by atoms with Crippen molar-refractivity contribution in [3.05, 3.63) is 34.9 Å². The van der Waals surface area contributed by atoms with Crippen LogP contribution in [0.3, 0.4) is 0 Å². The maximum Gasteiger partial charge on any atom is 0.0594 e. The lowest BCUT2D eigenvalue weighted by Crippen LogP contribution is -2.35. The van der Waals surface area contributed by atoms with Gasteiger partial charge >= 0.3 is 0 Å². The van der Waals surface area contributed by atoms with Crippen molar-refractivity contribution in [1.29, 1.82) is 0 Å². The zero-order valence-electron chi connectivity index (χ0n) is 10.1. The van der Waals surface area contributed by atoms with Crippen LogP contribution >= 0.6 is 11.6 Å². The van der Waals surface area contributed by atoms with Crippen molar-refractivity contribution >= 4 is 11.6 Å². The zero-order chi connectivity index (χ0) is 11.8. The third-order valence-corrected chi connectivity index (χ3v) is 2.63. The highest BCUT2D eigenvalue weighted by Crippen LogP contribution is 2.13. The lowest BCUT2D eigenvalue weighted by atomic mass is 10.2. The Morgan fingerprint density at radius 1 is 1.25 bits per heavy atom. The molecule has 0 aliphatic carbocycles. The first kappa shape index (κ1) is 13.5. The van der Waals surface area contributed by atoms with E-state index in [9.17, 15) is 0 Å². The number of rotatable bonds is 2. The van der Waals surface area contributed by atoms with Crippen LogP contribution in [0.1, 0.15) is 19.4 Å². The number of halogens is 1. The van der Waals surface area contributed by atoms with E-state index < -0.39 is 0 Å². The maximum atomic E-state index is 5.92. The number of ether oxygens (including phenoxy) is 1. The molecule has 0 saturated carbocycles. The molecular weight excluding hydrogens is 222 g/mol. The molecule has 0 aromatic heterocycles. The number of morpholine rings is 1. The molecule has 0 spiro atoms. The molecule has 1 aliphatic rings. The minimum Gasteiger partial charge on any atom is -0.379 e. The Balaban J connectivity index is 0.000000606. The van der Waals surface area contributed by atoms with E-state index in [1.807, 2.05) is 32.0 Å². The minimum absolute atomic E-state index is 0.816. The number of hydrogen-bond acceptors (Lipinski definition) is 2. The lowest BCUT2D eigenvalue weighted by molar-refractivity contribution is 0.0342. The van der Waals surface area contributed by atoms with Gasteiger partial charge in [-0.1, -0.05) is 37.6 Å². The molecule has 0 bridgehead atoms. The van der Waals surface area contributed by atoms with E-state index in [-0.39, 0.29) is 0 Å². The Bertz CT molecular complexity index is 298. The van der Waals surface area contributed by atoms with Crippen LogP contribution in [0.25, 0.3) is 0 Å². The van der Waals surface area contributed by atoms with Crippen LogP contribution in [0.4, 0.5) is 0 Å². The smallest absolute Gasteiger partial charge is 0.0594 e. The number of nitrogens with zero attached hydrogens (tertiary/aromatic N) is 1. The summed E-state index contributed by atoms with van der Waals surface area (Å²) in [7, 11) is 0. The Hall–Kier alpha value is -0.570. The third kappa shape index (κ3) is 4.52. The summed E-state index contributed by atoms with van der Waals surface area (Å²) in [5.41, 5.74) is 1.28. The predicted molar refractivity (Wildman–Crippen MR) is 68.9 cm³/mol. The molecule has 0 amide bonds. The molecule has 1 aliphatic heterocycles. The standard InChI is InChI=1S/C11H14ClNO.C2H6/c12-11-3-1-2-10(8-11)9-13-4-6-14-7-5-13;1-2/h1-3,8H,4-7,9H2;1-2H3. The summed E-state index contributed by atoms with van der Waals surface area (Å²) in [4.78, 5) is 2.38. The molecule has 1 aromatic rings. The Morgan fingerprint density at radius 3 is 2.56 bits per heavy atom. The normalized spacial score (nSPS) is 16.4. The van der Waals surface area contributed by atoms with E-state index in [1.165, 1.54) is 5.56 Å². The van der Waals surface area contributed by atoms with Crippen molar-refractivity contribution in [2.75, 3.05) is 26.3 Å².